The molecule has 0 aromatic heterocycles. The Morgan fingerprint density at radius 2 is 2.04 bits per heavy atom. The molecule has 0 aromatic carbocycles. The van der Waals surface area contributed by atoms with Gasteiger partial charge in [-0.05, 0) is 36.5 Å². The van der Waals surface area contributed by atoms with Crippen LogP contribution in [0.4, 0.5) is 0 Å². The van der Waals surface area contributed by atoms with Crippen LogP contribution in [0.15, 0.2) is 0 Å². The van der Waals surface area contributed by atoms with E-state index in [-0.39, 0.29) is 35.0 Å². The van der Waals surface area contributed by atoms with E-state index in [0.717, 1.165) is 0 Å². The molecule has 0 spiro atoms. The van der Waals surface area contributed by atoms with Gasteiger partial charge in [-0.25, -0.2) is 0 Å². The monoisotopic (exact) mass is 390 g/mol. The van der Waals surface area contributed by atoms with Crippen LogP contribution in [0.1, 0.15) is 60.3 Å². The molecule has 2 fully saturated rings. The zero-order valence-corrected chi connectivity index (χ0v) is 17.7. The van der Waals surface area contributed by atoms with Crippen LogP contribution in [-0.2, 0) is 14.4 Å². The lowest BCUT2D eigenvalue weighted by molar-refractivity contribution is -0.140. The second-order valence-corrected chi connectivity index (χ2v) is 9.74. The topological polar surface area (TPSA) is 102 Å². The average Bonchev–Trinajstić information content (AvgIpc) is 3.19. The summed E-state index contributed by atoms with van der Waals surface area (Å²) < 4.78 is 0. The zero-order chi connectivity index (χ0) is 21.1. The number of nitrogens with zero attached hydrogens (tertiary/aromatic N) is 2. The molecule has 2 aliphatic rings. The fourth-order valence-electron chi connectivity index (χ4n) is 4.00. The third-order valence-corrected chi connectivity index (χ3v) is 5.74. The zero-order valence-electron chi connectivity index (χ0n) is 17.7. The van der Waals surface area contributed by atoms with Crippen molar-refractivity contribution in [1.82, 2.24) is 15.5 Å². The van der Waals surface area contributed by atoms with Gasteiger partial charge in [0.25, 0.3) is 0 Å². The second-order valence-electron chi connectivity index (χ2n) is 9.74. The maximum atomic E-state index is 13.0. The first-order chi connectivity index (χ1) is 13.0. The van der Waals surface area contributed by atoms with Gasteiger partial charge in [0, 0.05) is 25.4 Å². The first kappa shape index (κ1) is 22.2. The summed E-state index contributed by atoms with van der Waals surface area (Å²) in [6, 6.07) is 0.836. The number of carbonyl (C=O) groups is 3. The van der Waals surface area contributed by atoms with Gasteiger partial charge >= 0.3 is 0 Å². The maximum absolute atomic E-state index is 13.0. The molecule has 0 aliphatic carbocycles. The molecule has 2 heterocycles. The Morgan fingerprint density at radius 3 is 2.54 bits per heavy atom. The van der Waals surface area contributed by atoms with Gasteiger partial charge in [-0.1, -0.05) is 34.6 Å². The van der Waals surface area contributed by atoms with Gasteiger partial charge in [0.15, 0.2) is 0 Å². The lowest BCUT2D eigenvalue weighted by Crippen LogP contribution is -2.49. The third-order valence-electron chi connectivity index (χ3n) is 5.74. The van der Waals surface area contributed by atoms with E-state index < -0.39 is 12.1 Å². The Kier molecular flexibility index (Phi) is 7.08. The van der Waals surface area contributed by atoms with E-state index in [1.807, 2.05) is 20.8 Å². The van der Waals surface area contributed by atoms with E-state index >= 15 is 0 Å². The maximum Gasteiger partial charge on any atom is 0.243 e. The summed E-state index contributed by atoms with van der Waals surface area (Å²) in [4.78, 5) is 39.3. The van der Waals surface area contributed by atoms with E-state index in [1.54, 1.807) is 4.90 Å². The molecular formula is C21H34N4O3. The number of rotatable bonds is 6. The van der Waals surface area contributed by atoms with Crippen molar-refractivity contribution in [3.63, 3.8) is 0 Å². The quantitative estimate of drug-likeness (QED) is 0.722. The van der Waals surface area contributed by atoms with Gasteiger partial charge in [0.2, 0.25) is 17.7 Å². The Bertz CT molecular complexity index is 647. The molecule has 156 valence electrons. The summed E-state index contributed by atoms with van der Waals surface area (Å²) in [5.41, 5.74) is -0.154. The minimum absolute atomic E-state index is 0.0144. The summed E-state index contributed by atoms with van der Waals surface area (Å²) in [7, 11) is 0. The number of carbonyl (C=O) groups excluding carboxylic acids is 3. The first-order valence-electron chi connectivity index (χ1n) is 10.3. The molecule has 7 nitrogen and oxygen atoms in total. The number of nitriles is 1. The highest BCUT2D eigenvalue weighted by atomic mass is 16.2. The molecule has 0 aromatic rings. The molecule has 0 unspecified atom stereocenters. The number of likely N-dealkylation sites (tertiary alicyclic amines) is 1. The molecule has 4 atom stereocenters. The highest BCUT2D eigenvalue weighted by molar-refractivity contribution is 5.89. The van der Waals surface area contributed by atoms with Crippen molar-refractivity contribution in [3.8, 4) is 6.07 Å². The molecule has 2 rings (SSSR count). The standard InChI is InChI=1S/C21H34N4O3/c1-13(2)15-9-17(25(12-15)18(26)10-21(3,4)5)20(28)24-16(11-22)8-14-6-7-23-19(14)27/h13-17H,6-10,12H2,1-5H3,(H,23,27)(H,24,28)/t14-,15+,16-,17-/m0/s1. The van der Waals surface area contributed by atoms with Crippen LogP contribution in [-0.4, -0.2) is 47.8 Å². The van der Waals surface area contributed by atoms with Crippen LogP contribution in [0.25, 0.3) is 0 Å². The molecule has 7 heteroatoms. The second kappa shape index (κ2) is 8.93. The van der Waals surface area contributed by atoms with Crippen LogP contribution in [0.5, 0.6) is 0 Å². The van der Waals surface area contributed by atoms with E-state index in [9.17, 15) is 19.6 Å². The summed E-state index contributed by atoms with van der Waals surface area (Å²) >= 11 is 0. The highest BCUT2D eigenvalue weighted by Crippen LogP contribution is 2.32. The van der Waals surface area contributed by atoms with Gasteiger partial charge in [0.1, 0.15) is 12.1 Å². The SMILES string of the molecule is CC(C)[C@@H]1C[C@@H](C(=O)N[C@H](C#N)C[C@@H]2CCNC2=O)N(C(=O)CC(C)(C)C)C1. The summed E-state index contributed by atoms with van der Waals surface area (Å²) in [6.45, 7) is 11.4. The minimum Gasteiger partial charge on any atom is -0.356 e. The van der Waals surface area contributed by atoms with Gasteiger partial charge in [-0.15, -0.1) is 0 Å². The summed E-state index contributed by atoms with van der Waals surface area (Å²) in [6.07, 6.45) is 1.99. The number of hydrogen-bond acceptors (Lipinski definition) is 4. The predicted octanol–water partition coefficient (Wildman–Crippen LogP) is 1.83. The van der Waals surface area contributed by atoms with Crippen molar-refractivity contribution in [3.05, 3.63) is 0 Å². The minimum atomic E-state index is -0.723. The largest absolute Gasteiger partial charge is 0.356 e. The van der Waals surface area contributed by atoms with Crippen LogP contribution in [0.2, 0.25) is 0 Å². The molecule has 0 bridgehead atoms. The van der Waals surface area contributed by atoms with Crippen molar-refractivity contribution in [2.24, 2.45) is 23.2 Å². The molecular weight excluding hydrogens is 356 g/mol. The van der Waals surface area contributed by atoms with Crippen LogP contribution >= 0.6 is 0 Å². The molecule has 2 N–H and O–H groups in total. The van der Waals surface area contributed by atoms with Gasteiger partial charge in [-0.3, -0.25) is 14.4 Å². The molecule has 0 radical (unpaired) electrons. The van der Waals surface area contributed by atoms with E-state index in [0.29, 0.717) is 44.7 Å². The van der Waals surface area contributed by atoms with Crippen molar-refractivity contribution in [2.75, 3.05) is 13.1 Å². The van der Waals surface area contributed by atoms with Crippen LogP contribution in [0, 0.1) is 34.5 Å². The van der Waals surface area contributed by atoms with E-state index in [2.05, 4.69) is 30.6 Å². The normalized spacial score (nSPS) is 26.1. The summed E-state index contributed by atoms with van der Waals surface area (Å²) in [5, 5.41) is 15.0. The van der Waals surface area contributed by atoms with Crippen molar-refractivity contribution in [2.45, 2.75) is 72.4 Å². The highest BCUT2D eigenvalue weighted by Gasteiger charge is 2.42. The Morgan fingerprint density at radius 1 is 1.36 bits per heavy atom. The molecule has 28 heavy (non-hydrogen) atoms. The number of hydrogen-bond donors (Lipinski definition) is 2. The average molecular weight is 391 g/mol. The Labute approximate surface area is 168 Å². The molecule has 2 aliphatic heterocycles. The number of amides is 3. The van der Waals surface area contributed by atoms with Crippen LogP contribution < -0.4 is 10.6 Å². The Hall–Kier alpha value is -2.10. The van der Waals surface area contributed by atoms with Crippen LogP contribution in [0.3, 0.4) is 0 Å². The lowest BCUT2D eigenvalue weighted by Gasteiger charge is -2.28. The third kappa shape index (κ3) is 5.70. The van der Waals surface area contributed by atoms with E-state index in [4.69, 9.17) is 0 Å². The van der Waals surface area contributed by atoms with E-state index in [1.165, 1.54) is 0 Å². The fraction of sp³-hybridized carbons (Fsp3) is 0.810. The van der Waals surface area contributed by atoms with Crippen molar-refractivity contribution < 1.29 is 14.4 Å². The molecule has 0 saturated carbocycles. The van der Waals surface area contributed by atoms with Gasteiger partial charge in [0.05, 0.1) is 6.07 Å². The number of nitrogens with one attached hydrogen (secondary N) is 2. The van der Waals surface area contributed by atoms with Crippen molar-refractivity contribution >= 4 is 17.7 Å². The predicted molar refractivity (Wildman–Crippen MR) is 106 cm³/mol. The van der Waals surface area contributed by atoms with Crippen molar-refractivity contribution in [1.29, 1.82) is 5.26 Å². The fourth-order valence-corrected chi connectivity index (χ4v) is 4.00. The van der Waals surface area contributed by atoms with Gasteiger partial charge in [-0.2, -0.15) is 5.26 Å². The summed E-state index contributed by atoms with van der Waals surface area (Å²) in [5.74, 6) is 0.0418. The molecule has 3 amide bonds. The van der Waals surface area contributed by atoms with Gasteiger partial charge < -0.3 is 15.5 Å². The smallest absolute Gasteiger partial charge is 0.243 e. The lowest BCUT2D eigenvalue weighted by atomic mass is 9.91. The molecule has 2 saturated heterocycles. The first-order valence-corrected chi connectivity index (χ1v) is 10.3. The Balaban J connectivity index is 2.07.